The fourth-order valence-corrected chi connectivity index (χ4v) is 3.30. The molecule has 5 nitrogen and oxygen atoms in total. The number of hydrogen-bond donors (Lipinski definition) is 1. The summed E-state index contributed by atoms with van der Waals surface area (Å²) in [5, 5.41) is 3.36. The molecule has 0 aliphatic carbocycles. The summed E-state index contributed by atoms with van der Waals surface area (Å²) in [6, 6.07) is 0.662. The molecule has 2 rings (SSSR count). The van der Waals surface area contributed by atoms with Crippen LogP contribution in [0, 0.1) is 11.8 Å². The molecule has 0 bridgehead atoms. The number of rotatable bonds is 4. The normalized spacial score (nSPS) is 35.3. The molecule has 1 amide bonds. The van der Waals surface area contributed by atoms with Crippen molar-refractivity contribution in [3.05, 3.63) is 0 Å². The van der Waals surface area contributed by atoms with Gasteiger partial charge in [-0.1, -0.05) is 13.8 Å². The van der Waals surface area contributed by atoms with Gasteiger partial charge in [0.25, 0.3) is 0 Å². The van der Waals surface area contributed by atoms with E-state index in [0.717, 1.165) is 19.6 Å². The van der Waals surface area contributed by atoms with Crippen LogP contribution >= 0.6 is 0 Å². The molecule has 110 valence electrons. The number of carbonyl (C=O) groups excluding carboxylic acids is 1. The Morgan fingerprint density at radius 1 is 1.37 bits per heavy atom. The van der Waals surface area contributed by atoms with Gasteiger partial charge in [0.2, 0.25) is 5.91 Å². The highest BCUT2D eigenvalue weighted by molar-refractivity contribution is 5.80. The SMILES string of the molecule is CCNC1COCC1C(=O)N1CC(C)C(N(C)C)C1. The maximum atomic E-state index is 12.6. The molecule has 5 heteroatoms. The fraction of sp³-hybridized carbons (Fsp3) is 0.929. The first-order valence-electron chi connectivity index (χ1n) is 7.31. The molecule has 0 aromatic heterocycles. The molecule has 2 aliphatic heterocycles. The quantitative estimate of drug-likeness (QED) is 0.781. The zero-order valence-electron chi connectivity index (χ0n) is 12.6. The lowest BCUT2D eigenvalue weighted by Gasteiger charge is -2.25. The van der Waals surface area contributed by atoms with Crippen LogP contribution in [-0.2, 0) is 9.53 Å². The Labute approximate surface area is 116 Å². The first kappa shape index (κ1) is 14.8. The fourth-order valence-electron chi connectivity index (χ4n) is 3.30. The van der Waals surface area contributed by atoms with E-state index in [1.807, 2.05) is 4.90 Å². The highest BCUT2D eigenvalue weighted by atomic mass is 16.5. The smallest absolute Gasteiger partial charge is 0.229 e. The highest BCUT2D eigenvalue weighted by Gasteiger charge is 2.40. The van der Waals surface area contributed by atoms with Crippen molar-refractivity contribution in [2.75, 3.05) is 46.9 Å². The monoisotopic (exact) mass is 269 g/mol. The summed E-state index contributed by atoms with van der Waals surface area (Å²) >= 11 is 0. The van der Waals surface area contributed by atoms with E-state index in [9.17, 15) is 4.79 Å². The number of amides is 1. The zero-order chi connectivity index (χ0) is 14.0. The van der Waals surface area contributed by atoms with Crippen LogP contribution < -0.4 is 5.32 Å². The van der Waals surface area contributed by atoms with E-state index in [2.05, 4.69) is 38.2 Å². The molecule has 4 unspecified atom stereocenters. The molecule has 0 radical (unpaired) electrons. The maximum Gasteiger partial charge on any atom is 0.229 e. The molecular formula is C14H27N3O2. The van der Waals surface area contributed by atoms with Crippen molar-refractivity contribution in [2.45, 2.75) is 25.9 Å². The Balaban J connectivity index is 1.97. The molecule has 4 atom stereocenters. The van der Waals surface area contributed by atoms with Gasteiger partial charge in [-0.2, -0.15) is 0 Å². The molecule has 2 saturated heterocycles. The second-order valence-electron chi connectivity index (χ2n) is 6.06. The van der Waals surface area contributed by atoms with Crippen molar-refractivity contribution in [1.29, 1.82) is 0 Å². The number of nitrogens with one attached hydrogen (secondary N) is 1. The van der Waals surface area contributed by atoms with E-state index in [0.29, 0.717) is 25.2 Å². The molecule has 0 aromatic rings. The van der Waals surface area contributed by atoms with Crippen LogP contribution in [0.5, 0.6) is 0 Å². The lowest BCUT2D eigenvalue weighted by atomic mass is 10.0. The van der Waals surface area contributed by atoms with Crippen LogP contribution in [0.1, 0.15) is 13.8 Å². The number of likely N-dealkylation sites (tertiary alicyclic amines) is 1. The average molecular weight is 269 g/mol. The highest BCUT2D eigenvalue weighted by Crippen LogP contribution is 2.24. The second kappa shape index (κ2) is 6.20. The van der Waals surface area contributed by atoms with E-state index in [-0.39, 0.29) is 17.9 Å². The molecule has 2 fully saturated rings. The van der Waals surface area contributed by atoms with Gasteiger partial charge in [-0.3, -0.25) is 4.79 Å². The van der Waals surface area contributed by atoms with Gasteiger partial charge in [-0.25, -0.2) is 0 Å². The molecule has 0 aromatic carbocycles. The van der Waals surface area contributed by atoms with Crippen LogP contribution in [-0.4, -0.2) is 74.7 Å². The number of likely N-dealkylation sites (N-methyl/N-ethyl adjacent to an activating group) is 2. The maximum absolute atomic E-state index is 12.6. The van der Waals surface area contributed by atoms with Gasteiger partial charge in [0.1, 0.15) is 0 Å². The summed E-state index contributed by atoms with van der Waals surface area (Å²) in [6.07, 6.45) is 0. The van der Waals surface area contributed by atoms with Crippen molar-refractivity contribution < 1.29 is 9.53 Å². The van der Waals surface area contributed by atoms with Gasteiger partial charge in [0.15, 0.2) is 0 Å². The Morgan fingerprint density at radius 2 is 2.11 bits per heavy atom. The molecule has 2 heterocycles. The van der Waals surface area contributed by atoms with E-state index >= 15 is 0 Å². The van der Waals surface area contributed by atoms with Crippen molar-refractivity contribution >= 4 is 5.91 Å². The van der Waals surface area contributed by atoms with Gasteiger partial charge in [0.05, 0.1) is 19.1 Å². The zero-order valence-corrected chi connectivity index (χ0v) is 12.6. The topological polar surface area (TPSA) is 44.8 Å². The van der Waals surface area contributed by atoms with Gasteiger partial charge in [-0.05, 0) is 26.6 Å². The van der Waals surface area contributed by atoms with Crippen molar-refractivity contribution in [3.63, 3.8) is 0 Å². The third-order valence-electron chi connectivity index (χ3n) is 4.41. The molecule has 1 N–H and O–H groups in total. The Bertz CT molecular complexity index is 322. The van der Waals surface area contributed by atoms with Crippen molar-refractivity contribution in [2.24, 2.45) is 11.8 Å². The Kier molecular flexibility index (Phi) is 4.81. The largest absolute Gasteiger partial charge is 0.379 e. The number of nitrogens with zero attached hydrogens (tertiary/aromatic N) is 2. The van der Waals surface area contributed by atoms with Crippen molar-refractivity contribution in [3.8, 4) is 0 Å². The summed E-state index contributed by atoms with van der Waals surface area (Å²) < 4.78 is 5.48. The summed E-state index contributed by atoms with van der Waals surface area (Å²) in [7, 11) is 4.19. The van der Waals surface area contributed by atoms with Gasteiger partial charge in [0, 0.05) is 25.2 Å². The minimum absolute atomic E-state index is 0.00642. The first-order chi connectivity index (χ1) is 9.04. The summed E-state index contributed by atoms with van der Waals surface area (Å²) in [5.74, 6) is 0.798. The average Bonchev–Trinajstić information content (AvgIpc) is 2.95. The molecule has 0 spiro atoms. The number of hydrogen-bond acceptors (Lipinski definition) is 4. The van der Waals surface area contributed by atoms with E-state index < -0.39 is 0 Å². The molecule has 19 heavy (non-hydrogen) atoms. The number of ether oxygens (including phenoxy) is 1. The molecular weight excluding hydrogens is 242 g/mol. The van der Waals surface area contributed by atoms with E-state index in [1.54, 1.807) is 0 Å². The lowest BCUT2D eigenvalue weighted by molar-refractivity contribution is -0.135. The number of carbonyl (C=O) groups is 1. The predicted molar refractivity (Wildman–Crippen MR) is 75.0 cm³/mol. The second-order valence-corrected chi connectivity index (χ2v) is 6.06. The molecule has 0 saturated carbocycles. The minimum atomic E-state index is -0.00642. The van der Waals surface area contributed by atoms with Gasteiger partial charge in [-0.15, -0.1) is 0 Å². The van der Waals surface area contributed by atoms with Gasteiger partial charge >= 0.3 is 0 Å². The lowest BCUT2D eigenvalue weighted by Crippen LogP contribution is -2.45. The first-order valence-corrected chi connectivity index (χ1v) is 7.31. The minimum Gasteiger partial charge on any atom is -0.379 e. The third kappa shape index (κ3) is 3.09. The Hall–Kier alpha value is -0.650. The van der Waals surface area contributed by atoms with Gasteiger partial charge < -0.3 is 19.9 Å². The van der Waals surface area contributed by atoms with Crippen LogP contribution in [0.4, 0.5) is 0 Å². The summed E-state index contributed by atoms with van der Waals surface area (Å²) in [4.78, 5) is 16.9. The Morgan fingerprint density at radius 3 is 2.68 bits per heavy atom. The van der Waals surface area contributed by atoms with E-state index in [1.165, 1.54) is 0 Å². The van der Waals surface area contributed by atoms with Crippen LogP contribution in [0.3, 0.4) is 0 Å². The summed E-state index contributed by atoms with van der Waals surface area (Å²) in [5.41, 5.74) is 0. The van der Waals surface area contributed by atoms with E-state index in [4.69, 9.17) is 4.74 Å². The third-order valence-corrected chi connectivity index (χ3v) is 4.41. The molecule has 2 aliphatic rings. The van der Waals surface area contributed by atoms with Crippen LogP contribution in [0.2, 0.25) is 0 Å². The standard InChI is InChI=1S/C14H27N3O2/c1-5-15-12-9-19-8-11(12)14(18)17-6-10(2)13(7-17)16(3)4/h10-13,15H,5-9H2,1-4H3. The van der Waals surface area contributed by atoms with Crippen LogP contribution in [0.25, 0.3) is 0 Å². The summed E-state index contributed by atoms with van der Waals surface area (Å²) in [6.45, 7) is 8.12. The van der Waals surface area contributed by atoms with Crippen LogP contribution in [0.15, 0.2) is 0 Å². The van der Waals surface area contributed by atoms with Crippen molar-refractivity contribution in [1.82, 2.24) is 15.1 Å². The predicted octanol–water partition coefficient (Wildman–Crippen LogP) is 0.0194.